The lowest BCUT2D eigenvalue weighted by Gasteiger charge is -2.05. The average molecular weight is 383 g/mol. The van der Waals surface area contributed by atoms with Gasteiger partial charge in [-0.1, -0.05) is 12.1 Å². The van der Waals surface area contributed by atoms with Crippen molar-refractivity contribution >= 4 is 11.9 Å². The van der Waals surface area contributed by atoms with E-state index in [2.05, 4.69) is 10.1 Å². The minimum Gasteiger partial charge on any atom is -0.486 e. The first-order valence-corrected chi connectivity index (χ1v) is 8.47. The molecule has 0 aliphatic rings. The molecule has 0 spiro atoms. The Labute approximate surface area is 160 Å². The average Bonchev–Trinajstić information content (AvgIpc) is 3.20. The number of methoxy groups -OCH3 is 1. The molecular formula is C21H18FNO5. The van der Waals surface area contributed by atoms with E-state index in [9.17, 15) is 14.0 Å². The maximum atomic E-state index is 12.9. The van der Waals surface area contributed by atoms with E-state index in [1.807, 2.05) is 0 Å². The first-order valence-electron chi connectivity index (χ1n) is 8.47. The molecule has 0 aliphatic heterocycles. The Morgan fingerprint density at radius 1 is 1.00 bits per heavy atom. The number of carbonyl (C=O) groups excluding carboxylic acids is 2. The van der Waals surface area contributed by atoms with Crippen molar-refractivity contribution in [2.75, 3.05) is 7.11 Å². The molecule has 3 aromatic rings. The van der Waals surface area contributed by atoms with E-state index in [0.717, 1.165) is 5.56 Å². The van der Waals surface area contributed by atoms with Crippen LogP contribution < -0.4 is 10.1 Å². The molecule has 0 radical (unpaired) electrons. The lowest BCUT2D eigenvalue weighted by atomic mass is 10.2. The number of rotatable bonds is 7. The third kappa shape index (κ3) is 4.97. The summed E-state index contributed by atoms with van der Waals surface area (Å²) in [5.41, 5.74) is 1.20. The van der Waals surface area contributed by atoms with Gasteiger partial charge >= 0.3 is 5.97 Å². The first-order chi connectivity index (χ1) is 13.5. The van der Waals surface area contributed by atoms with Crippen LogP contribution in [0.25, 0.3) is 0 Å². The first kappa shape index (κ1) is 19.2. The van der Waals surface area contributed by atoms with E-state index in [0.29, 0.717) is 17.1 Å². The Morgan fingerprint density at radius 2 is 1.71 bits per heavy atom. The van der Waals surface area contributed by atoms with Gasteiger partial charge in [0.05, 0.1) is 12.7 Å². The molecule has 2 aromatic carbocycles. The predicted octanol–water partition coefficient (Wildman–Crippen LogP) is 3.71. The maximum Gasteiger partial charge on any atom is 0.337 e. The van der Waals surface area contributed by atoms with Gasteiger partial charge in [-0.05, 0) is 54.1 Å². The van der Waals surface area contributed by atoms with Gasteiger partial charge in [-0.2, -0.15) is 0 Å². The van der Waals surface area contributed by atoms with Crippen LogP contribution in [0, 0.1) is 5.82 Å². The largest absolute Gasteiger partial charge is 0.486 e. The molecule has 144 valence electrons. The smallest absolute Gasteiger partial charge is 0.337 e. The fourth-order valence-corrected chi connectivity index (χ4v) is 2.41. The van der Waals surface area contributed by atoms with Gasteiger partial charge in [0.2, 0.25) is 0 Å². The Hall–Kier alpha value is -3.61. The van der Waals surface area contributed by atoms with Gasteiger partial charge in [0.25, 0.3) is 5.91 Å². The monoisotopic (exact) mass is 383 g/mol. The molecule has 0 saturated heterocycles. The van der Waals surface area contributed by atoms with Crippen LogP contribution in [-0.4, -0.2) is 19.0 Å². The number of ether oxygens (including phenoxy) is 2. The van der Waals surface area contributed by atoms with Crippen LogP contribution >= 0.6 is 0 Å². The summed E-state index contributed by atoms with van der Waals surface area (Å²) in [6.07, 6.45) is 0. The molecule has 1 N–H and O–H groups in total. The quantitative estimate of drug-likeness (QED) is 0.629. The summed E-state index contributed by atoms with van der Waals surface area (Å²) in [7, 11) is 1.32. The summed E-state index contributed by atoms with van der Waals surface area (Å²) in [6, 6.07) is 15.6. The molecule has 3 rings (SSSR count). The van der Waals surface area contributed by atoms with Crippen molar-refractivity contribution in [3.05, 3.63) is 89.1 Å². The highest BCUT2D eigenvalue weighted by Crippen LogP contribution is 2.16. The lowest BCUT2D eigenvalue weighted by Crippen LogP contribution is -2.22. The number of carbonyl (C=O) groups is 2. The predicted molar refractivity (Wildman–Crippen MR) is 98.4 cm³/mol. The normalized spacial score (nSPS) is 10.4. The summed E-state index contributed by atoms with van der Waals surface area (Å²) >= 11 is 0. The molecule has 0 unspecified atom stereocenters. The molecule has 1 aromatic heterocycles. The van der Waals surface area contributed by atoms with E-state index in [-0.39, 0.29) is 30.6 Å². The number of benzene rings is 2. The van der Waals surface area contributed by atoms with E-state index in [1.165, 1.54) is 19.2 Å². The molecule has 1 amide bonds. The minimum atomic E-state index is -0.422. The summed E-state index contributed by atoms with van der Waals surface area (Å²) in [5.74, 6) is 0.0506. The van der Waals surface area contributed by atoms with Crippen molar-refractivity contribution in [3.8, 4) is 5.75 Å². The Kier molecular flexibility index (Phi) is 6.06. The van der Waals surface area contributed by atoms with Crippen molar-refractivity contribution in [3.63, 3.8) is 0 Å². The molecule has 1 heterocycles. The van der Waals surface area contributed by atoms with Gasteiger partial charge in [0, 0.05) is 6.54 Å². The standard InChI is InChI=1S/C21H18FNO5/c1-26-21(25)15-4-8-17(9-5-15)27-13-18-10-11-19(28-18)20(24)23-12-14-2-6-16(22)7-3-14/h2-11H,12-13H2,1H3,(H,23,24). The zero-order valence-electron chi connectivity index (χ0n) is 15.1. The number of furan rings is 1. The highest BCUT2D eigenvalue weighted by Gasteiger charge is 2.12. The molecule has 0 fully saturated rings. The van der Waals surface area contributed by atoms with Crippen molar-refractivity contribution in [2.45, 2.75) is 13.2 Å². The summed E-state index contributed by atoms with van der Waals surface area (Å²) in [5, 5.41) is 2.70. The third-order valence-electron chi connectivity index (χ3n) is 3.91. The minimum absolute atomic E-state index is 0.128. The van der Waals surface area contributed by atoms with Crippen LogP contribution in [0.2, 0.25) is 0 Å². The topological polar surface area (TPSA) is 77.8 Å². The number of amides is 1. The lowest BCUT2D eigenvalue weighted by molar-refractivity contribution is 0.0600. The number of halogens is 1. The number of nitrogens with one attached hydrogen (secondary N) is 1. The van der Waals surface area contributed by atoms with E-state index in [4.69, 9.17) is 9.15 Å². The molecule has 0 aliphatic carbocycles. The fourth-order valence-electron chi connectivity index (χ4n) is 2.41. The summed E-state index contributed by atoms with van der Waals surface area (Å²) in [6.45, 7) is 0.390. The number of esters is 1. The second-order valence-electron chi connectivity index (χ2n) is 5.88. The van der Waals surface area contributed by atoms with Crippen LogP contribution in [0.3, 0.4) is 0 Å². The summed E-state index contributed by atoms with van der Waals surface area (Å²) < 4.78 is 28.6. The Morgan fingerprint density at radius 3 is 2.39 bits per heavy atom. The van der Waals surface area contributed by atoms with Crippen LogP contribution in [0.4, 0.5) is 4.39 Å². The molecule has 28 heavy (non-hydrogen) atoms. The van der Waals surface area contributed by atoms with Gasteiger partial charge in [0.15, 0.2) is 5.76 Å². The van der Waals surface area contributed by atoms with Gasteiger partial charge < -0.3 is 19.2 Å². The van der Waals surface area contributed by atoms with Crippen molar-refractivity contribution in [2.24, 2.45) is 0 Å². The van der Waals surface area contributed by atoms with E-state index < -0.39 is 5.97 Å². The zero-order chi connectivity index (χ0) is 19.9. The van der Waals surface area contributed by atoms with Crippen molar-refractivity contribution in [1.29, 1.82) is 0 Å². The number of hydrogen-bond donors (Lipinski definition) is 1. The second kappa shape index (κ2) is 8.85. The maximum absolute atomic E-state index is 12.9. The van der Waals surface area contributed by atoms with Gasteiger partial charge in [0.1, 0.15) is 23.9 Å². The summed E-state index contributed by atoms with van der Waals surface area (Å²) in [4.78, 5) is 23.5. The third-order valence-corrected chi connectivity index (χ3v) is 3.91. The SMILES string of the molecule is COC(=O)c1ccc(OCc2ccc(C(=O)NCc3ccc(F)cc3)o2)cc1. The second-order valence-corrected chi connectivity index (χ2v) is 5.88. The molecular weight excluding hydrogens is 365 g/mol. The highest BCUT2D eigenvalue weighted by atomic mass is 19.1. The van der Waals surface area contributed by atoms with E-state index in [1.54, 1.807) is 48.5 Å². The van der Waals surface area contributed by atoms with Crippen LogP contribution in [-0.2, 0) is 17.9 Å². The van der Waals surface area contributed by atoms with Crippen LogP contribution in [0.15, 0.2) is 65.1 Å². The van der Waals surface area contributed by atoms with Crippen LogP contribution in [0.1, 0.15) is 32.2 Å². The van der Waals surface area contributed by atoms with E-state index >= 15 is 0 Å². The van der Waals surface area contributed by atoms with Gasteiger partial charge in [-0.25, -0.2) is 9.18 Å². The number of hydrogen-bond acceptors (Lipinski definition) is 5. The van der Waals surface area contributed by atoms with Crippen molar-refractivity contribution in [1.82, 2.24) is 5.32 Å². The zero-order valence-corrected chi connectivity index (χ0v) is 15.1. The molecule has 7 heteroatoms. The molecule has 6 nitrogen and oxygen atoms in total. The Bertz CT molecular complexity index is 948. The van der Waals surface area contributed by atoms with Crippen LogP contribution in [0.5, 0.6) is 5.75 Å². The molecule has 0 saturated carbocycles. The van der Waals surface area contributed by atoms with Gasteiger partial charge in [-0.3, -0.25) is 4.79 Å². The molecule has 0 bridgehead atoms. The Balaban J connectivity index is 1.51. The van der Waals surface area contributed by atoms with Crippen molar-refractivity contribution < 1.29 is 27.9 Å². The fraction of sp³-hybridized carbons (Fsp3) is 0.143. The van der Waals surface area contributed by atoms with Gasteiger partial charge in [-0.15, -0.1) is 0 Å². The highest BCUT2D eigenvalue weighted by molar-refractivity contribution is 5.91. The molecule has 0 atom stereocenters.